The molecule has 0 bridgehead atoms. The van der Waals surface area contributed by atoms with Gasteiger partial charge in [0.2, 0.25) is 0 Å². The molecule has 0 aliphatic heterocycles. The van der Waals surface area contributed by atoms with Gasteiger partial charge >= 0.3 is 21.2 Å². The normalized spacial score (nSPS) is 12.6. The maximum absolute atomic E-state index is 10.6. The summed E-state index contributed by atoms with van der Waals surface area (Å²) in [6.45, 7) is -0.220. The van der Waals surface area contributed by atoms with Gasteiger partial charge in [0.05, 0.1) is 6.42 Å². The van der Waals surface area contributed by atoms with Crippen LogP contribution in [0.2, 0.25) is 0 Å². The molecule has 0 aromatic rings. The van der Waals surface area contributed by atoms with Crippen LogP contribution >= 0.6 is 15.2 Å². The molecule has 0 rings (SSSR count). The third-order valence-electron chi connectivity index (χ3n) is 1.77. The van der Waals surface area contributed by atoms with Crippen LogP contribution in [0.5, 0.6) is 0 Å². The van der Waals surface area contributed by atoms with Gasteiger partial charge in [-0.3, -0.25) is 13.9 Å². The van der Waals surface area contributed by atoms with Gasteiger partial charge in [-0.25, -0.2) is 0 Å². The van der Waals surface area contributed by atoms with Crippen molar-refractivity contribution in [1.82, 2.24) is 0 Å². The summed E-state index contributed by atoms with van der Waals surface area (Å²) in [5.74, 6) is -0.836. The lowest BCUT2D eigenvalue weighted by Crippen LogP contribution is -2.31. The van der Waals surface area contributed by atoms with Gasteiger partial charge in [0.15, 0.2) is 0 Å². The minimum atomic E-state index is -5.31. The Morgan fingerprint density at radius 3 is 1.42 bits per heavy atom. The van der Waals surface area contributed by atoms with Gasteiger partial charge in [0.25, 0.3) is 5.08 Å². The molecular weight excluding hydrogens is 306 g/mol. The molecule has 0 unspecified atom stereocenters. The molecule has 13 heteroatoms. The summed E-state index contributed by atoms with van der Waals surface area (Å²) in [6.07, 6.45) is -0.804. The zero-order valence-corrected chi connectivity index (χ0v) is 11.6. The highest BCUT2D eigenvalue weighted by Gasteiger charge is 2.58. The molecule has 0 aromatic heterocycles. The Kier molecular flexibility index (Phi) is 8.88. The van der Waals surface area contributed by atoms with Crippen molar-refractivity contribution in [2.24, 2.45) is 11.5 Å². The predicted octanol–water partition coefficient (Wildman–Crippen LogP) is -2.24. The summed E-state index contributed by atoms with van der Waals surface area (Å²) in [6, 6.07) is 0. The average molecular weight is 324 g/mol. The molecule has 0 aromatic carbocycles. The van der Waals surface area contributed by atoms with E-state index in [-0.39, 0.29) is 13.0 Å². The van der Waals surface area contributed by atoms with Crippen LogP contribution in [0, 0.1) is 0 Å². The molecule has 0 heterocycles. The summed E-state index contributed by atoms with van der Waals surface area (Å²) in [5.41, 5.74) is 9.71. The fourth-order valence-corrected chi connectivity index (χ4v) is 2.98. The van der Waals surface area contributed by atoms with Gasteiger partial charge < -0.3 is 41.3 Å². The van der Waals surface area contributed by atoms with Crippen LogP contribution in [0.1, 0.15) is 12.8 Å². The average Bonchev–Trinajstić information content (AvgIpc) is 2.15. The molecular formula is C6H18N2O9P2. The second-order valence-corrected chi connectivity index (χ2v) is 7.34. The number of rotatable bonds is 6. The summed E-state index contributed by atoms with van der Waals surface area (Å²) in [5, 5.41) is 13.5. The van der Waals surface area contributed by atoms with E-state index in [0.29, 0.717) is 0 Å². The van der Waals surface area contributed by atoms with Crippen molar-refractivity contribution in [2.75, 3.05) is 13.1 Å². The van der Waals surface area contributed by atoms with Gasteiger partial charge in [-0.15, -0.1) is 0 Å². The van der Waals surface area contributed by atoms with Crippen molar-refractivity contribution >= 4 is 21.2 Å². The van der Waals surface area contributed by atoms with E-state index in [9.17, 15) is 13.9 Å². The Labute approximate surface area is 108 Å². The smallest absolute Gasteiger partial charge is 0.369 e. The predicted molar refractivity (Wildman–Crippen MR) is 64.0 cm³/mol. The third-order valence-corrected chi connectivity index (χ3v) is 5.65. The minimum Gasteiger partial charge on any atom is -0.481 e. The number of carboxylic acids is 1. The first kappa shape index (κ1) is 21.0. The Balaban J connectivity index is 0. The van der Waals surface area contributed by atoms with Crippen molar-refractivity contribution < 1.29 is 43.7 Å². The number of carbonyl (C=O) groups is 1. The van der Waals surface area contributed by atoms with Gasteiger partial charge in [0.1, 0.15) is 0 Å². The highest BCUT2D eigenvalue weighted by atomic mass is 31.2. The number of hydrogen-bond acceptors (Lipinski definition) is 6. The molecule has 0 atom stereocenters. The lowest BCUT2D eigenvalue weighted by atomic mass is 10.5. The van der Waals surface area contributed by atoms with E-state index in [0.717, 1.165) is 0 Å². The van der Waals surface area contributed by atoms with E-state index in [1.807, 2.05) is 0 Å². The lowest BCUT2D eigenvalue weighted by Gasteiger charge is -2.28. The first-order valence-electron chi connectivity index (χ1n) is 4.79. The Bertz CT molecular complexity index is 353. The van der Waals surface area contributed by atoms with E-state index in [1.165, 1.54) is 0 Å². The van der Waals surface area contributed by atoms with Crippen molar-refractivity contribution in [2.45, 2.75) is 17.9 Å². The molecule has 0 amide bonds. The molecule has 0 aliphatic rings. The van der Waals surface area contributed by atoms with Crippen LogP contribution in [-0.4, -0.2) is 53.9 Å². The van der Waals surface area contributed by atoms with Gasteiger partial charge in [-0.05, 0) is 6.54 Å². The molecule has 0 fully saturated rings. The maximum atomic E-state index is 10.6. The molecule has 0 saturated carbocycles. The fraction of sp³-hybridized carbons (Fsp3) is 0.833. The zero-order valence-electron chi connectivity index (χ0n) is 9.79. The standard InChI is InChI=1S/C3H11NO7P2.C3H7NO2/c4-2-1-3(5,12(6,7)8)13(9,10)11;4-2-1-3(5)6/h5H,1-2,4H2,(H2,6,7,8)(H2,9,10,11);1-2,4H2,(H,5,6). The number of aliphatic carboxylic acids is 1. The number of nitrogens with two attached hydrogens (primary N) is 2. The molecule has 0 aliphatic carbocycles. The summed E-state index contributed by atoms with van der Waals surface area (Å²) in [7, 11) is -10.6. The first-order valence-corrected chi connectivity index (χ1v) is 8.01. The minimum absolute atomic E-state index is 0.0694. The highest BCUT2D eigenvalue weighted by molar-refractivity contribution is 7.72. The monoisotopic (exact) mass is 324 g/mol. The quantitative estimate of drug-likeness (QED) is 0.243. The van der Waals surface area contributed by atoms with Crippen LogP contribution in [0.15, 0.2) is 0 Å². The molecule has 116 valence electrons. The molecule has 19 heavy (non-hydrogen) atoms. The van der Waals surface area contributed by atoms with Crippen LogP contribution < -0.4 is 11.5 Å². The van der Waals surface area contributed by atoms with E-state index < -0.39 is 39.2 Å². The second kappa shape index (κ2) is 8.05. The van der Waals surface area contributed by atoms with Crippen molar-refractivity contribution in [3.05, 3.63) is 0 Å². The van der Waals surface area contributed by atoms with Crippen molar-refractivity contribution in [3.8, 4) is 0 Å². The van der Waals surface area contributed by atoms with Crippen LogP contribution in [0.4, 0.5) is 0 Å². The molecule has 10 N–H and O–H groups in total. The van der Waals surface area contributed by atoms with E-state index >= 15 is 0 Å². The highest BCUT2D eigenvalue weighted by Crippen LogP contribution is 2.68. The van der Waals surface area contributed by atoms with Crippen LogP contribution in [-0.2, 0) is 13.9 Å². The van der Waals surface area contributed by atoms with Crippen LogP contribution in [0.3, 0.4) is 0 Å². The molecule has 11 nitrogen and oxygen atoms in total. The summed E-state index contributed by atoms with van der Waals surface area (Å²) in [4.78, 5) is 43.6. The maximum Gasteiger partial charge on any atom is 0.369 e. The van der Waals surface area contributed by atoms with E-state index in [2.05, 4.69) is 0 Å². The van der Waals surface area contributed by atoms with Gasteiger partial charge in [-0.2, -0.15) is 0 Å². The Morgan fingerprint density at radius 2 is 1.37 bits per heavy atom. The first-order chi connectivity index (χ1) is 8.33. The summed E-state index contributed by atoms with van der Waals surface area (Å²) >= 11 is 0. The topological polar surface area (TPSA) is 225 Å². The molecule has 0 radical (unpaired) electrons. The van der Waals surface area contributed by atoms with E-state index in [4.69, 9.17) is 41.3 Å². The van der Waals surface area contributed by atoms with Crippen molar-refractivity contribution in [3.63, 3.8) is 0 Å². The van der Waals surface area contributed by atoms with Gasteiger partial charge in [0, 0.05) is 13.0 Å². The van der Waals surface area contributed by atoms with Gasteiger partial charge in [-0.1, -0.05) is 0 Å². The SMILES string of the molecule is NCCC(=O)O.NCCC(O)(P(=O)(O)O)P(=O)(O)O. The lowest BCUT2D eigenvalue weighted by molar-refractivity contribution is -0.136. The fourth-order valence-electron chi connectivity index (χ4n) is 0.778. The molecule has 0 spiro atoms. The number of carboxylic acid groups (broad SMARTS) is 1. The molecule has 0 saturated heterocycles. The van der Waals surface area contributed by atoms with E-state index in [1.54, 1.807) is 0 Å². The summed E-state index contributed by atoms with van der Waals surface area (Å²) < 4.78 is 21.2. The number of aliphatic hydroxyl groups is 1. The van der Waals surface area contributed by atoms with Crippen LogP contribution in [0.25, 0.3) is 0 Å². The second-order valence-electron chi connectivity index (χ2n) is 3.33. The van der Waals surface area contributed by atoms with Crippen molar-refractivity contribution in [1.29, 1.82) is 0 Å². The Morgan fingerprint density at radius 1 is 1.00 bits per heavy atom. The third kappa shape index (κ3) is 7.11. The number of hydrogen-bond donors (Lipinski definition) is 8. The Hall–Kier alpha value is -0.350. The largest absolute Gasteiger partial charge is 0.481 e. The zero-order chi connectivity index (χ0) is 15.9.